The minimum atomic E-state index is -0.154. The molecule has 146 valence electrons. The van der Waals surface area contributed by atoms with Crippen LogP contribution in [0.2, 0.25) is 0 Å². The van der Waals surface area contributed by atoms with Gasteiger partial charge in [-0.3, -0.25) is 4.79 Å². The molecule has 0 unspecified atom stereocenters. The number of ether oxygens (including phenoxy) is 3. The van der Waals surface area contributed by atoms with Gasteiger partial charge in [0.05, 0.1) is 18.1 Å². The maximum absolute atomic E-state index is 11.7. The van der Waals surface area contributed by atoms with Crippen molar-refractivity contribution in [1.29, 1.82) is 0 Å². The van der Waals surface area contributed by atoms with Crippen molar-refractivity contribution in [2.45, 2.75) is 6.92 Å². The molecule has 0 aliphatic carbocycles. The highest BCUT2D eigenvalue weighted by Gasteiger charge is 2.21. The largest absolute Gasteiger partial charge is 0.491 e. The van der Waals surface area contributed by atoms with Crippen LogP contribution in [0.15, 0.2) is 53.4 Å². The number of nitrogens with one attached hydrogen (secondary N) is 1. The molecule has 1 saturated heterocycles. The van der Waals surface area contributed by atoms with Crippen LogP contribution in [0.4, 0.5) is 0 Å². The quantitative estimate of drug-likeness (QED) is 0.380. The Morgan fingerprint density at radius 1 is 0.929 bits per heavy atom. The van der Waals surface area contributed by atoms with Crippen LogP contribution >= 0.6 is 24.0 Å². The lowest BCUT2D eigenvalue weighted by Crippen LogP contribution is -2.17. The molecule has 0 saturated carbocycles. The second-order valence-electron chi connectivity index (χ2n) is 6.04. The molecule has 1 heterocycles. The van der Waals surface area contributed by atoms with Crippen molar-refractivity contribution < 1.29 is 19.0 Å². The zero-order valence-corrected chi connectivity index (χ0v) is 17.1. The number of benzene rings is 2. The first-order valence-corrected chi connectivity index (χ1v) is 10.1. The van der Waals surface area contributed by atoms with Gasteiger partial charge in [-0.05, 0) is 42.8 Å². The molecular formula is C21H21NO4S2. The molecule has 5 nitrogen and oxygen atoms in total. The predicted molar refractivity (Wildman–Crippen MR) is 116 cm³/mol. The van der Waals surface area contributed by atoms with Crippen molar-refractivity contribution in [1.82, 2.24) is 5.32 Å². The van der Waals surface area contributed by atoms with E-state index in [1.807, 2.05) is 55.5 Å². The monoisotopic (exact) mass is 415 g/mol. The summed E-state index contributed by atoms with van der Waals surface area (Å²) in [5.41, 5.74) is 2.12. The van der Waals surface area contributed by atoms with Crippen molar-refractivity contribution >= 4 is 40.3 Å². The first kappa shape index (κ1) is 20.4. The van der Waals surface area contributed by atoms with E-state index in [2.05, 4.69) is 5.32 Å². The normalized spacial score (nSPS) is 15.0. The molecule has 1 N–H and O–H groups in total. The SMILES string of the molecule is Cc1ccc(OCCOCCOc2ccc(/C=C3/SC(=S)NC3=O)cc2)cc1. The van der Waals surface area contributed by atoms with Gasteiger partial charge in [0, 0.05) is 0 Å². The third-order valence-electron chi connectivity index (χ3n) is 3.83. The van der Waals surface area contributed by atoms with Gasteiger partial charge in [0.25, 0.3) is 5.91 Å². The highest BCUT2D eigenvalue weighted by molar-refractivity contribution is 8.26. The van der Waals surface area contributed by atoms with Gasteiger partial charge in [-0.15, -0.1) is 0 Å². The van der Waals surface area contributed by atoms with Gasteiger partial charge >= 0.3 is 0 Å². The van der Waals surface area contributed by atoms with Crippen molar-refractivity contribution in [2.24, 2.45) is 0 Å². The molecule has 7 heteroatoms. The number of thioether (sulfide) groups is 1. The van der Waals surface area contributed by atoms with E-state index in [1.54, 1.807) is 6.08 Å². The number of amides is 1. The molecule has 28 heavy (non-hydrogen) atoms. The second-order valence-corrected chi connectivity index (χ2v) is 7.76. The zero-order valence-electron chi connectivity index (χ0n) is 15.5. The number of hydrogen-bond donors (Lipinski definition) is 1. The second kappa shape index (κ2) is 10.3. The number of hydrogen-bond acceptors (Lipinski definition) is 6. The third-order valence-corrected chi connectivity index (χ3v) is 5.00. The third kappa shape index (κ3) is 6.37. The highest BCUT2D eigenvalue weighted by atomic mass is 32.2. The summed E-state index contributed by atoms with van der Waals surface area (Å²) >= 11 is 6.24. The average Bonchev–Trinajstić information content (AvgIpc) is 3.00. The highest BCUT2D eigenvalue weighted by Crippen LogP contribution is 2.26. The van der Waals surface area contributed by atoms with Crippen molar-refractivity contribution in [3.63, 3.8) is 0 Å². The number of carbonyl (C=O) groups is 1. The lowest BCUT2D eigenvalue weighted by Gasteiger charge is -2.09. The molecule has 0 aromatic heterocycles. The lowest BCUT2D eigenvalue weighted by molar-refractivity contribution is -0.115. The van der Waals surface area contributed by atoms with Crippen LogP contribution in [0, 0.1) is 6.92 Å². The standard InChI is InChI=1S/C21H21NO4S2/c1-15-2-6-17(7-3-15)25-12-10-24-11-13-26-18-8-4-16(5-9-18)14-19-20(23)22-21(27)28-19/h2-9,14H,10-13H2,1H3,(H,22,23,27)/b19-14+. The van der Waals surface area contributed by atoms with Crippen molar-refractivity contribution in [3.8, 4) is 11.5 Å². The van der Waals surface area contributed by atoms with Crippen LogP contribution in [0.25, 0.3) is 6.08 Å². The maximum Gasteiger partial charge on any atom is 0.263 e. The minimum Gasteiger partial charge on any atom is -0.491 e. The number of thiocarbonyl (C=S) groups is 1. The van der Waals surface area contributed by atoms with Gasteiger partial charge < -0.3 is 19.5 Å². The molecule has 1 amide bonds. The van der Waals surface area contributed by atoms with E-state index in [0.717, 1.165) is 17.1 Å². The Hall–Kier alpha value is -2.35. The molecule has 2 aromatic rings. The summed E-state index contributed by atoms with van der Waals surface area (Å²) in [5, 5.41) is 2.60. The molecular weight excluding hydrogens is 394 g/mol. The summed E-state index contributed by atoms with van der Waals surface area (Å²) in [6, 6.07) is 15.4. The van der Waals surface area contributed by atoms with Crippen LogP contribution in [-0.4, -0.2) is 36.7 Å². The molecule has 2 aromatic carbocycles. The first-order chi connectivity index (χ1) is 13.6. The summed E-state index contributed by atoms with van der Waals surface area (Å²) in [7, 11) is 0. The van der Waals surface area contributed by atoms with Crippen LogP contribution in [-0.2, 0) is 9.53 Å². The average molecular weight is 416 g/mol. The fraction of sp³-hybridized carbons (Fsp3) is 0.238. The Morgan fingerprint density at radius 2 is 1.50 bits per heavy atom. The predicted octanol–water partition coefficient (Wildman–Crippen LogP) is 3.96. The van der Waals surface area contributed by atoms with Gasteiger partial charge in [0.15, 0.2) is 0 Å². The van der Waals surface area contributed by atoms with E-state index in [4.69, 9.17) is 26.4 Å². The zero-order chi connectivity index (χ0) is 19.8. The maximum atomic E-state index is 11.7. The number of carbonyl (C=O) groups excluding carboxylic acids is 1. The molecule has 1 aliphatic heterocycles. The molecule has 0 bridgehead atoms. The van der Waals surface area contributed by atoms with Crippen LogP contribution < -0.4 is 14.8 Å². The van der Waals surface area contributed by atoms with Gasteiger partial charge in [0.2, 0.25) is 0 Å². The van der Waals surface area contributed by atoms with E-state index in [0.29, 0.717) is 35.7 Å². The fourth-order valence-corrected chi connectivity index (χ4v) is 3.45. The van der Waals surface area contributed by atoms with E-state index in [-0.39, 0.29) is 5.91 Å². The Balaban J connectivity index is 1.32. The number of rotatable bonds is 9. The van der Waals surface area contributed by atoms with E-state index >= 15 is 0 Å². The molecule has 1 aliphatic rings. The Labute approximate surface area is 174 Å². The van der Waals surface area contributed by atoms with Gasteiger partial charge in [-0.25, -0.2) is 0 Å². The molecule has 1 fully saturated rings. The molecule has 0 atom stereocenters. The molecule has 0 radical (unpaired) electrons. The summed E-state index contributed by atoms with van der Waals surface area (Å²) < 4.78 is 17.3. The molecule has 0 spiro atoms. The van der Waals surface area contributed by atoms with Crippen LogP contribution in [0.1, 0.15) is 11.1 Å². The summed E-state index contributed by atoms with van der Waals surface area (Å²) in [6.45, 7) is 3.99. The van der Waals surface area contributed by atoms with E-state index in [1.165, 1.54) is 17.3 Å². The smallest absolute Gasteiger partial charge is 0.263 e. The van der Waals surface area contributed by atoms with Crippen LogP contribution in [0.5, 0.6) is 11.5 Å². The van der Waals surface area contributed by atoms with Gasteiger partial charge in [-0.1, -0.05) is 53.8 Å². The Bertz CT molecular complexity index is 848. The van der Waals surface area contributed by atoms with Crippen LogP contribution in [0.3, 0.4) is 0 Å². The Morgan fingerprint density at radius 3 is 2.04 bits per heavy atom. The van der Waals surface area contributed by atoms with Crippen molar-refractivity contribution in [3.05, 3.63) is 64.6 Å². The minimum absolute atomic E-state index is 0.154. The Kier molecular flexibility index (Phi) is 7.47. The van der Waals surface area contributed by atoms with Gasteiger partial charge in [-0.2, -0.15) is 0 Å². The lowest BCUT2D eigenvalue weighted by atomic mass is 10.2. The van der Waals surface area contributed by atoms with Gasteiger partial charge in [0.1, 0.15) is 29.0 Å². The van der Waals surface area contributed by atoms with E-state index < -0.39 is 0 Å². The summed E-state index contributed by atoms with van der Waals surface area (Å²) in [4.78, 5) is 12.3. The van der Waals surface area contributed by atoms with E-state index in [9.17, 15) is 4.79 Å². The fourth-order valence-electron chi connectivity index (χ4n) is 2.41. The molecule has 3 rings (SSSR count). The topological polar surface area (TPSA) is 56.8 Å². The van der Waals surface area contributed by atoms with Crippen molar-refractivity contribution in [2.75, 3.05) is 26.4 Å². The summed E-state index contributed by atoms with van der Waals surface area (Å²) in [5.74, 6) is 1.44. The number of aryl methyl sites for hydroxylation is 1. The first-order valence-electron chi connectivity index (χ1n) is 8.85. The summed E-state index contributed by atoms with van der Waals surface area (Å²) in [6.07, 6.45) is 1.81.